The number of nitrogens with one attached hydrogen (secondary N) is 1. The monoisotopic (exact) mass is 248 g/mol. The van der Waals surface area contributed by atoms with E-state index in [1.807, 2.05) is 31.3 Å². The molecule has 1 aromatic rings. The number of amides is 1. The van der Waals surface area contributed by atoms with Gasteiger partial charge in [-0.2, -0.15) is 0 Å². The molecule has 0 aliphatic carbocycles. The summed E-state index contributed by atoms with van der Waals surface area (Å²) in [6, 6.07) is 7.61. The Morgan fingerprint density at radius 1 is 1.44 bits per heavy atom. The maximum Gasteiger partial charge on any atom is 0.231 e. The molecular weight excluding hydrogens is 228 g/mol. The third-order valence-corrected chi connectivity index (χ3v) is 3.42. The van der Waals surface area contributed by atoms with Crippen molar-refractivity contribution in [3.8, 4) is 5.75 Å². The summed E-state index contributed by atoms with van der Waals surface area (Å²) in [5.74, 6) is 0.970. The van der Waals surface area contributed by atoms with E-state index < -0.39 is 0 Å². The summed E-state index contributed by atoms with van der Waals surface area (Å²) in [5, 5.41) is 3.27. The zero-order valence-electron chi connectivity index (χ0n) is 11.0. The average molecular weight is 248 g/mol. The zero-order valence-corrected chi connectivity index (χ0v) is 11.0. The Morgan fingerprint density at radius 3 is 2.89 bits per heavy atom. The molecule has 1 aliphatic rings. The first-order valence-corrected chi connectivity index (χ1v) is 6.35. The third kappa shape index (κ3) is 2.64. The molecule has 1 aliphatic heterocycles. The van der Waals surface area contributed by atoms with Crippen molar-refractivity contribution in [1.29, 1.82) is 0 Å². The van der Waals surface area contributed by atoms with Crippen molar-refractivity contribution < 1.29 is 9.53 Å². The minimum absolute atomic E-state index is 0.0775. The van der Waals surface area contributed by atoms with Crippen molar-refractivity contribution in [3.63, 3.8) is 0 Å². The Labute approximate surface area is 108 Å². The van der Waals surface area contributed by atoms with Crippen LogP contribution in [0.3, 0.4) is 0 Å². The minimum Gasteiger partial charge on any atom is -0.495 e. The molecule has 4 heteroatoms. The van der Waals surface area contributed by atoms with Gasteiger partial charge in [0.05, 0.1) is 18.7 Å². The number of methoxy groups -OCH3 is 1. The van der Waals surface area contributed by atoms with Crippen molar-refractivity contribution >= 4 is 11.6 Å². The van der Waals surface area contributed by atoms with Crippen LogP contribution in [0, 0.1) is 5.92 Å². The number of hydrogen-bond donors (Lipinski definition) is 1. The second kappa shape index (κ2) is 5.87. The average Bonchev–Trinajstić information content (AvgIpc) is 2.46. The first-order valence-electron chi connectivity index (χ1n) is 6.35. The van der Waals surface area contributed by atoms with Crippen LogP contribution in [0.2, 0.25) is 0 Å². The largest absolute Gasteiger partial charge is 0.495 e. The molecule has 0 bridgehead atoms. The Kier molecular flexibility index (Phi) is 4.20. The van der Waals surface area contributed by atoms with Crippen LogP contribution in [0.4, 0.5) is 5.69 Å². The smallest absolute Gasteiger partial charge is 0.231 e. The van der Waals surface area contributed by atoms with Crippen LogP contribution in [0.1, 0.15) is 12.8 Å². The summed E-state index contributed by atoms with van der Waals surface area (Å²) in [6.07, 6.45) is 2.03. The van der Waals surface area contributed by atoms with Crippen LogP contribution in [0.15, 0.2) is 24.3 Å². The third-order valence-electron chi connectivity index (χ3n) is 3.42. The van der Waals surface area contributed by atoms with Gasteiger partial charge in [0, 0.05) is 13.6 Å². The second-order valence-corrected chi connectivity index (χ2v) is 4.61. The molecule has 1 heterocycles. The number of benzene rings is 1. The lowest BCUT2D eigenvalue weighted by atomic mass is 9.98. The molecule has 0 aromatic heterocycles. The lowest BCUT2D eigenvalue weighted by Crippen LogP contribution is -2.41. The van der Waals surface area contributed by atoms with Gasteiger partial charge in [0.1, 0.15) is 5.75 Å². The predicted octanol–water partition coefficient (Wildman–Crippen LogP) is 1.66. The molecule has 0 saturated carbocycles. The van der Waals surface area contributed by atoms with Gasteiger partial charge in [-0.1, -0.05) is 12.1 Å². The number of nitrogens with zero attached hydrogens (tertiary/aromatic N) is 1. The molecule has 1 unspecified atom stereocenters. The van der Waals surface area contributed by atoms with Gasteiger partial charge in [0.25, 0.3) is 0 Å². The first kappa shape index (κ1) is 12.9. The SMILES string of the molecule is COc1ccccc1N(C)C(=O)C1CCCNC1. The number of hydrogen-bond acceptors (Lipinski definition) is 3. The number of para-hydroxylation sites is 2. The molecule has 98 valence electrons. The molecule has 2 rings (SSSR count). The van der Waals surface area contributed by atoms with E-state index in [1.165, 1.54) is 0 Å². The highest BCUT2D eigenvalue weighted by atomic mass is 16.5. The van der Waals surface area contributed by atoms with Gasteiger partial charge in [-0.05, 0) is 31.5 Å². The maximum absolute atomic E-state index is 12.4. The van der Waals surface area contributed by atoms with Gasteiger partial charge in [-0.25, -0.2) is 0 Å². The predicted molar refractivity (Wildman–Crippen MR) is 72.0 cm³/mol. The maximum atomic E-state index is 12.4. The Hall–Kier alpha value is -1.55. The molecule has 0 radical (unpaired) electrons. The molecule has 18 heavy (non-hydrogen) atoms. The molecule has 1 amide bonds. The number of rotatable bonds is 3. The topological polar surface area (TPSA) is 41.6 Å². The van der Waals surface area contributed by atoms with Gasteiger partial charge >= 0.3 is 0 Å². The van der Waals surface area contributed by atoms with Gasteiger partial charge in [0.15, 0.2) is 0 Å². The minimum atomic E-state index is 0.0775. The molecule has 1 atom stereocenters. The van der Waals surface area contributed by atoms with E-state index in [2.05, 4.69) is 5.32 Å². The van der Waals surface area contributed by atoms with Crippen molar-refractivity contribution in [1.82, 2.24) is 5.32 Å². The van der Waals surface area contributed by atoms with Crippen LogP contribution < -0.4 is 15.0 Å². The van der Waals surface area contributed by atoms with E-state index in [0.717, 1.165) is 37.4 Å². The van der Waals surface area contributed by atoms with Crippen molar-refractivity contribution in [3.05, 3.63) is 24.3 Å². The van der Waals surface area contributed by atoms with Crippen molar-refractivity contribution in [2.24, 2.45) is 5.92 Å². The van der Waals surface area contributed by atoms with E-state index >= 15 is 0 Å². The van der Waals surface area contributed by atoms with Crippen molar-refractivity contribution in [2.45, 2.75) is 12.8 Å². The fraction of sp³-hybridized carbons (Fsp3) is 0.500. The fourth-order valence-electron chi connectivity index (χ4n) is 2.36. The normalized spacial score (nSPS) is 19.3. The number of piperidine rings is 1. The highest BCUT2D eigenvalue weighted by molar-refractivity contribution is 5.96. The van der Waals surface area contributed by atoms with Crippen LogP contribution >= 0.6 is 0 Å². The molecule has 4 nitrogen and oxygen atoms in total. The van der Waals surface area contributed by atoms with Crippen LogP contribution in [-0.2, 0) is 4.79 Å². The van der Waals surface area contributed by atoms with Crippen LogP contribution in [-0.4, -0.2) is 33.2 Å². The highest BCUT2D eigenvalue weighted by Gasteiger charge is 2.25. The number of carbonyl (C=O) groups excluding carboxylic acids is 1. The van der Waals surface area contributed by atoms with Crippen LogP contribution in [0.5, 0.6) is 5.75 Å². The Bertz CT molecular complexity index is 414. The van der Waals surface area contributed by atoms with E-state index in [-0.39, 0.29) is 11.8 Å². The van der Waals surface area contributed by atoms with E-state index in [1.54, 1.807) is 12.0 Å². The number of ether oxygens (including phenoxy) is 1. The number of carbonyl (C=O) groups is 1. The van der Waals surface area contributed by atoms with Gasteiger partial charge < -0.3 is 15.0 Å². The lowest BCUT2D eigenvalue weighted by Gasteiger charge is -2.27. The molecular formula is C14H20N2O2. The van der Waals surface area contributed by atoms with Crippen LogP contribution in [0.25, 0.3) is 0 Å². The van der Waals surface area contributed by atoms with Crippen molar-refractivity contribution in [2.75, 3.05) is 32.1 Å². The Morgan fingerprint density at radius 2 is 2.22 bits per heavy atom. The molecule has 0 spiro atoms. The van der Waals surface area contributed by atoms with E-state index in [0.29, 0.717) is 0 Å². The Balaban J connectivity index is 2.14. The lowest BCUT2D eigenvalue weighted by molar-refractivity contribution is -0.122. The van der Waals surface area contributed by atoms with Gasteiger partial charge in [0.2, 0.25) is 5.91 Å². The van der Waals surface area contributed by atoms with Gasteiger partial charge in [-0.15, -0.1) is 0 Å². The molecule has 1 saturated heterocycles. The number of anilines is 1. The summed E-state index contributed by atoms with van der Waals surface area (Å²) >= 11 is 0. The zero-order chi connectivity index (χ0) is 13.0. The van der Waals surface area contributed by atoms with Gasteiger partial charge in [-0.3, -0.25) is 4.79 Å². The fourth-order valence-corrected chi connectivity index (χ4v) is 2.36. The summed E-state index contributed by atoms with van der Waals surface area (Å²) in [4.78, 5) is 14.1. The summed E-state index contributed by atoms with van der Waals surface area (Å²) in [6.45, 7) is 1.79. The second-order valence-electron chi connectivity index (χ2n) is 4.61. The molecule has 1 aromatic carbocycles. The summed E-state index contributed by atoms with van der Waals surface area (Å²) in [5.41, 5.74) is 0.829. The van der Waals surface area contributed by atoms with E-state index in [9.17, 15) is 4.79 Å². The summed E-state index contributed by atoms with van der Waals surface area (Å²) < 4.78 is 5.29. The molecule has 1 N–H and O–H groups in total. The van der Waals surface area contributed by atoms with E-state index in [4.69, 9.17) is 4.74 Å². The quantitative estimate of drug-likeness (QED) is 0.884. The first-order chi connectivity index (χ1) is 8.74. The highest BCUT2D eigenvalue weighted by Crippen LogP contribution is 2.28. The standard InChI is InChI=1S/C14H20N2O2/c1-16(12-7-3-4-8-13(12)18-2)14(17)11-6-5-9-15-10-11/h3-4,7-8,11,15H,5-6,9-10H2,1-2H3. The summed E-state index contributed by atoms with van der Waals surface area (Å²) in [7, 11) is 3.44. The molecule has 1 fully saturated rings.